The third-order valence-corrected chi connectivity index (χ3v) is 9.23. The van der Waals surface area contributed by atoms with E-state index in [1.807, 2.05) is 24.4 Å². The number of amides is 1. The lowest BCUT2D eigenvalue weighted by Crippen LogP contribution is -2.40. The molecule has 3 fully saturated rings. The Bertz CT molecular complexity index is 1490. The molecule has 8 nitrogen and oxygen atoms in total. The Morgan fingerprint density at radius 3 is 2.37 bits per heavy atom. The van der Waals surface area contributed by atoms with E-state index in [2.05, 4.69) is 33.5 Å². The van der Waals surface area contributed by atoms with Crippen molar-refractivity contribution in [3.63, 3.8) is 0 Å². The molecule has 1 N–H and O–H groups in total. The SMILES string of the molecule is N#CC1(NC(=O)C2CCCCC2)CC1.N#Cc1cc(F)ccc1-n1cc(-c2ccc(N3CCS(=O)CC3)cc2)cn1. The van der Waals surface area contributed by atoms with Crippen LogP contribution in [-0.2, 0) is 15.6 Å². The smallest absolute Gasteiger partial charge is 0.224 e. The van der Waals surface area contributed by atoms with Crippen LogP contribution in [-0.4, -0.2) is 50.0 Å². The van der Waals surface area contributed by atoms with Gasteiger partial charge in [0.25, 0.3) is 0 Å². The van der Waals surface area contributed by atoms with Gasteiger partial charge in [-0.2, -0.15) is 15.6 Å². The van der Waals surface area contributed by atoms with Crippen LogP contribution < -0.4 is 10.2 Å². The lowest BCUT2D eigenvalue weighted by atomic mass is 9.88. The highest BCUT2D eigenvalue weighted by atomic mass is 32.2. The second-order valence-corrected chi connectivity index (χ2v) is 12.5. The number of aromatic nitrogens is 2. The number of nitriles is 2. The van der Waals surface area contributed by atoms with Gasteiger partial charge in [-0.05, 0) is 61.6 Å². The molecule has 1 amide bonds. The summed E-state index contributed by atoms with van der Waals surface area (Å²) in [5.41, 5.74) is 3.34. The Hall–Kier alpha value is -4.02. The van der Waals surface area contributed by atoms with Crippen LogP contribution in [0.2, 0.25) is 0 Å². The number of rotatable bonds is 5. The summed E-state index contributed by atoms with van der Waals surface area (Å²) < 4.78 is 26.4. The molecule has 3 aromatic rings. The molecular weight excluding hydrogens is 539 g/mol. The van der Waals surface area contributed by atoms with Gasteiger partial charge < -0.3 is 10.2 Å². The number of anilines is 1. The van der Waals surface area contributed by atoms with Crippen LogP contribution in [0.1, 0.15) is 50.5 Å². The van der Waals surface area contributed by atoms with Gasteiger partial charge in [0.1, 0.15) is 17.4 Å². The molecule has 1 aromatic heterocycles. The van der Waals surface area contributed by atoms with Gasteiger partial charge in [0, 0.05) is 58.8 Å². The zero-order valence-electron chi connectivity index (χ0n) is 22.9. The molecule has 0 bridgehead atoms. The van der Waals surface area contributed by atoms with Gasteiger partial charge >= 0.3 is 0 Å². The fraction of sp³-hybridized carbons (Fsp3) is 0.419. The van der Waals surface area contributed by atoms with E-state index < -0.39 is 22.2 Å². The van der Waals surface area contributed by atoms with E-state index in [-0.39, 0.29) is 17.4 Å². The normalized spacial score (nSPS) is 18.4. The molecule has 2 aromatic carbocycles. The average molecular weight is 573 g/mol. The maximum Gasteiger partial charge on any atom is 0.224 e. The minimum Gasteiger partial charge on any atom is -0.370 e. The van der Waals surface area contributed by atoms with E-state index in [0.717, 1.165) is 68.4 Å². The molecule has 1 aliphatic heterocycles. The van der Waals surface area contributed by atoms with Gasteiger partial charge in [-0.3, -0.25) is 9.00 Å². The van der Waals surface area contributed by atoms with Crippen molar-refractivity contribution in [2.45, 2.75) is 50.5 Å². The van der Waals surface area contributed by atoms with Crippen molar-refractivity contribution in [2.24, 2.45) is 5.92 Å². The highest BCUT2D eigenvalue weighted by molar-refractivity contribution is 7.85. The number of carbonyl (C=O) groups excluding carboxylic acids is 1. The average Bonchev–Trinajstić information content (AvgIpc) is 3.61. The van der Waals surface area contributed by atoms with Crippen LogP contribution in [0.5, 0.6) is 0 Å². The second kappa shape index (κ2) is 12.7. The maximum atomic E-state index is 13.3. The first-order chi connectivity index (χ1) is 19.9. The summed E-state index contributed by atoms with van der Waals surface area (Å²) >= 11 is 0. The topological polar surface area (TPSA) is 115 Å². The molecule has 2 aliphatic carbocycles. The van der Waals surface area contributed by atoms with E-state index >= 15 is 0 Å². The van der Waals surface area contributed by atoms with Crippen molar-refractivity contribution < 1.29 is 13.4 Å². The largest absolute Gasteiger partial charge is 0.370 e. The summed E-state index contributed by atoms with van der Waals surface area (Å²) in [4.78, 5) is 14.0. The summed E-state index contributed by atoms with van der Waals surface area (Å²) in [5, 5.41) is 25.3. The van der Waals surface area contributed by atoms with Crippen molar-refractivity contribution in [1.29, 1.82) is 10.5 Å². The minimum absolute atomic E-state index is 0.115. The van der Waals surface area contributed by atoms with Gasteiger partial charge in [-0.15, -0.1) is 0 Å². The summed E-state index contributed by atoms with van der Waals surface area (Å²) in [6, 6.07) is 16.4. The van der Waals surface area contributed by atoms with Gasteiger partial charge in [0.05, 0.1) is 23.5 Å². The molecule has 0 spiro atoms. The van der Waals surface area contributed by atoms with Crippen molar-refractivity contribution in [3.05, 3.63) is 66.2 Å². The van der Waals surface area contributed by atoms with E-state index in [1.165, 1.54) is 18.6 Å². The monoisotopic (exact) mass is 572 g/mol. The van der Waals surface area contributed by atoms with E-state index in [4.69, 9.17) is 5.26 Å². The fourth-order valence-corrected chi connectivity index (χ4v) is 6.31. The highest BCUT2D eigenvalue weighted by Crippen LogP contribution is 2.35. The van der Waals surface area contributed by atoms with Crippen LogP contribution >= 0.6 is 0 Å². The molecule has 2 heterocycles. The molecule has 10 heteroatoms. The Labute approximate surface area is 242 Å². The van der Waals surface area contributed by atoms with Crippen molar-refractivity contribution in [1.82, 2.24) is 15.1 Å². The molecule has 0 unspecified atom stereocenters. The third-order valence-electron chi connectivity index (χ3n) is 7.95. The van der Waals surface area contributed by atoms with E-state index in [9.17, 15) is 18.7 Å². The van der Waals surface area contributed by atoms with Crippen LogP contribution in [0.25, 0.3) is 16.8 Å². The van der Waals surface area contributed by atoms with E-state index in [1.54, 1.807) is 16.9 Å². The van der Waals surface area contributed by atoms with Crippen molar-refractivity contribution in [2.75, 3.05) is 29.5 Å². The molecule has 1 saturated heterocycles. The van der Waals surface area contributed by atoms with Crippen LogP contribution in [0.15, 0.2) is 54.9 Å². The summed E-state index contributed by atoms with van der Waals surface area (Å²) in [6.45, 7) is 1.62. The highest BCUT2D eigenvalue weighted by Gasteiger charge is 2.45. The predicted octanol–water partition coefficient (Wildman–Crippen LogP) is 4.86. The summed E-state index contributed by atoms with van der Waals surface area (Å²) in [5.74, 6) is 1.28. The Kier molecular flexibility index (Phi) is 8.80. The third kappa shape index (κ3) is 7.01. The molecule has 2 saturated carbocycles. The van der Waals surface area contributed by atoms with Gasteiger partial charge in [-0.1, -0.05) is 31.4 Å². The molecule has 0 radical (unpaired) electrons. The zero-order valence-corrected chi connectivity index (χ0v) is 23.7. The predicted molar refractivity (Wildman–Crippen MR) is 156 cm³/mol. The Morgan fingerprint density at radius 1 is 1.02 bits per heavy atom. The first-order valence-corrected chi connectivity index (χ1v) is 15.6. The van der Waals surface area contributed by atoms with E-state index in [0.29, 0.717) is 17.2 Å². The number of carbonyl (C=O) groups is 1. The molecular formula is C31H33FN6O2S. The first kappa shape index (κ1) is 28.5. The molecule has 0 atom stereocenters. The number of hydrogen-bond donors (Lipinski definition) is 1. The maximum absolute atomic E-state index is 13.3. The minimum atomic E-state index is -0.688. The van der Waals surface area contributed by atoms with Gasteiger partial charge in [-0.25, -0.2) is 9.07 Å². The lowest BCUT2D eigenvalue weighted by molar-refractivity contribution is -0.126. The van der Waals surface area contributed by atoms with Crippen molar-refractivity contribution >= 4 is 22.4 Å². The second-order valence-electron chi connectivity index (χ2n) is 10.8. The number of nitrogens with zero attached hydrogens (tertiary/aromatic N) is 5. The molecule has 3 aliphatic rings. The summed E-state index contributed by atoms with van der Waals surface area (Å²) in [6.07, 6.45) is 10.8. The van der Waals surface area contributed by atoms with Crippen LogP contribution in [0, 0.1) is 34.4 Å². The van der Waals surface area contributed by atoms with Gasteiger partial charge in [0.15, 0.2) is 0 Å². The number of hydrogen-bond acceptors (Lipinski definition) is 6. The van der Waals surface area contributed by atoms with Crippen molar-refractivity contribution in [3.8, 4) is 29.0 Å². The lowest BCUT2D eigenvalue weighted by Gasteiger charge is -2.28. The summed E-state index contributed by atoms with van der Waals surface area (Å²) in [7, 11) is -0.688. The number of benzene rings is 2. The Morgan fingerprint density at radius 2 is 1.73 bits per heavy atom. The molecule has 6 rings (SSSR count). The Balaban J connectivity index is 0.000000202. The van der Waals surface area contributed by atoms with Gasteiger partial charge in [0.2, 0.25) is 5.91 Å². The standard InChI is InChI=1S/C20H17FN4OS.C11H16N2O/c21-18-3-6-20(16(11-18)12-22)25-14-17(13-23-25)15-1-4-19(5-2-15)24-7-9-27(26)10-8-24;12-8-11(6-7-11)13-10(14)9-4-2-1-3-5-9/h1-6,11,13-14H,7-10H2;9H,1-7H2,(H,13,14). The van der Waals surface area contributed by atoms with Crippen LogP contribution in [0.3, 0.4) is 0 Å². The first-order valence-electron chi connectivity index (χ1n) is 14.1. The fourth-order valence-electron chi connectivity index (χ4n) is 5.25. The quantitative estimate of drug-likeness (QED) is 0.467. The number of halogens is 1. The molecule has 41 heavy (non-hydrogen) atoms. The zero-order chi connectivity index (χ0) is 28.8. The molecule has 212 valence electrons. The number of nitrogens with one attached hydrogen (secondary N) is 1. The van der Waals surface area contributed by atoms with Crippen LogP contribution in [0.4, 0.5) is 10.1 Å².